The van der Waals surface area contributed by atoms with Crippen molar-refractivity contribution in [2.45, 2.75) is 37.9 Å². The molecule has 0 aliphatic rings. The zero-order chi connectivity index (χ0) is 8.04. The van der Waals surface area contributed by atoms with Crippen molar-refractivity contribution >= 4 is 10.2 Å². The lowest BCUT2D eigenvalue weighted by molar-refractivity contribution is -0.135. The van der Waals surface area contributed by atoms with Crippen molar-refractivity contribution in [3.8, 4) is 0 Å². The molecule has 0 aromatic heterocycles. The fraction of sp³-hybridized carbons (Fsp3) is 1.00. The summed E-state index contributed by atoms with van der Waals surface area (Å²) in [5.74, 6) is 0. The molecule has 0 saturated carbocycles. The molecule has 0 spiro atoms. The van der Waals surface area contributed by atoms with Gasteiger partial charge in [0.1, 0.15) is 0 Å². The van der Waals surface area contributed by atoms with Gasteiger partial charge in [-0.2, -0.15) is 13.2 Å². The summed E-state index contributed by atoms with van der Waals surface area (Å²) in [6.45, 7) is 0. The van der Waals surface area contributed by atoms with E-state index in [2.05, 4.69) is 10.2 Å². The lowest BCUT2D eigenvalue weighted by atomic mass is 10.2. The van der Waals surface area contributed by atoms with Gasteiger partial charge in [-0.15, -0.1) is 0 Å². The second-order valence-electron chi connectivity index (χ2n) is 2.18. The predicted molar refractivity (Wildman–Crippen MR) is 35.1 cm³/mol. The van der Waals surface area contributed by atoms with Gasteiger partial charge >= 0.3 is 6.18 Å². The SMILES string of the molecule is FC(F)(F)CCCCC[Si]. The van der Waals surface area contributed by atoms with Gasteiger partial charge in [-0.25, -0.2) is 0 Å². The van der Waals surface area contributed by atoms with Gasteiger partial charge in [-0.1, -0.05) is 18.9 Å². The van der Waals surface area contributed by atoms with Crippen molar-refractivity contribution in [1.29, 1.82) is 0 Å². The molecule has 0 aliphatic carbocycles. The van der Waals surface area contributed by atoms with E-state index in [0.29, 0.717) is 6.42 Å². The Morgan fingerprint density at radius 3 is 2.00 bits per heavy atom. The molecule has 0 aromatic carbocycles. The second-order valence-corrected chi connectivity index (χ2v) is 2.68. The number of alkyl halides is 3. The largest absolute Gasteiger partial charge is 0.389 e. The predicted octanol–water partition coefficient (Wildman–Crippen LogP) is 2.70. The number of rotatable bonds is 4. The Balaban J connectivity index is 3.04. The molecule has 59 valence electrons. The van der Waals surface area contributed by atoms with E-state index in [9.17, 15) is 13.2 Å². The van der Waals surface area contributed by atoms with Gasteiger partial charge in [0.05, 0.1) is 0 Å². The lowest BCUT2D eigenvalue weighted by Gasteiger charge is -2.03. The first kappa shape index (κ1) is 10.0. The van der Waals surface area contributed by atoms with Crippen molar-refractivity contribution in [1.82, 2.24) is 0 Å². The van der Waals surface area contributed by atoms with Crippen LogP contribution in [0.25, 0.3) is 0 Å². The Hall–Kier alpha value is 0.00688. The van der Waals surface area contributed by atoms with E-state index >= 15 is 0 Å². The minimum Gasteiger partial charge on any atom is -0.171 e. The van der Waals surface area contributed by atoms with Gasteiger partial charge in [-0.3, -0.25) is 0 Å². The van der Waals surface area contributed by atoms with Crippen molar-refractivity contribution < 1.29 is 13.2 Å². The summed E-state index contributed by atoms with van der Waals surface area (Å²) in [7, 11) is 3.19. The molecule has 4 heteroatoms. The minimum absolute atomic E-state index is 0.258. The normalized spacial score (nSPS) is 12.0. The number of hydrogen-bond acceptors (Lipinski definition) is 0. The molecule has 0 fully saturated rings. The Morgan fingerprint density at radius 2 is 1.60 bits per heavy atom. The van der Waals surface area contributed by atoms with Gasteiger partial charge in [0, 0.05) is 16.7 Å². The summed E-state index contributed by atoms with van der Waals surface area (Å²) in [6.07, 6.45) is -2.87. The maximum absolute atomic E-state index is 11.5. The monoisotopic (exact) mass is 167 g/mol. The van der Waals surface area contributed by atoms with Crippen LogP contribution in [0.3, 0.4) is 0 Å². The van der Waals surface area contributed by atoms with E-state index in [1.807, 2.05) is 0 Å². The van der Waals surface area contributed by atoms with Crippen LogP contribution in [0.4, 0.5) is 13.2 Å². The highest BCUT2D eigenvalue weighted by atomic mass is 28.1. The third-order valence-corrected chi connectivity index (χ3v) is 1.49. The standard InChI is InChI=1S/C6H10F3Si/c7-6(8,9)4-2-1-3-5-10/h1-5H2. The van der Waals surface area contributed by atoms with Crippen molar-refractivity contribution in [2.24, 2.45) is 0 Å². The van der Waals surface area contributed by atoms with Crippen LogP contribution >= 0.6 is 0 Å². The first-order valence-corrected chi connectivity index (χ1v) is 3.98. The van der Waals surface area contributed by atoms with Crippen LogP contribution < -0.4 is 0 Å². The molecular weight excluding hydrogens is 157 g/mol. The Labute approximate surface area is 62.2 Å². The lowest BCUT2D eigenvalue weighted by Crippen LogP contribution is -2.06. The van der Waals surface area contributed by atoms with E-state index in [4.69, 9.17) is 0 Å². The van der Waals surface area contributed by atoms with Crippen molar-refractivity contribution in [3.63, 3.8) is 0 Å². The molecule has 0 atom stereocenters. The third-order valence-electron chi connectivity index (χ3n) is 1.14. The molecule has 0 heterocycles. The van der Waals surface area contributed by atoms with Crippen LogP contribution in [0.15, 0.2) is 0 Å². The highest BCUT2D eigenvalue weighted by Crippen LogP contribution is 2.22. The maximum atomic E-state index is 11.5. The first-order chi connectivity index (χ1) is 4.56. The molecule has 0 aliphatic heterocycles. The van der Waals surface area contributed by atoms with Gasteiger partial charge in [0.15, 0.2) is 0 Å². The van der Waals surface area contributed by atoms with Crippen LogP contribution in [-0.2, 0) is 0 Å². The first-order valence-electron chi connectivity index (χ1n) is 3.27. The summed E-state index contributed by atoms with van der Waals surface area (Å²) >= 11 is 0. The molecule has 0 unspecified atom stereocenters. The average molecular weight is 167 g/mol. The van der Waals surface area contributed by atoms with Crippen LogP contribution in [0, 0.1) is 0 Å². The topological polar surface area (TPSA) is 0 Å². The third kappa shape index (κ3) is 8.01. The molecule has 3 radical (unpaired) electrons. The molecule has 0 bridgehead atoms. The number of unbranched alkanes of at least 4 members (excludes halogenated alkanes) is 2. The summed E-state index contributed by atoms with van der Waals surface area (Å²) in [6, 6.07) is 0.790. The van der Waals surface area contributed by atoms with Gasteiger partial charge in [0.2, 0.25) is 0 Å². The van der Waals surface area contributed by atoms with Crippen LogP contribution in [0.5, 0.6) is 0 Å². The fourth-order valence-electron chi connectivity index (χ4n) is 0.627. The Kier molecular flexibility index (Phi) is 4.77. The van der Waals surface area contributed by atoms with E-state index in [1.54, 1.807) is 0 Å². The minimum atomic E-state index is -3.97. The van der Waals surface area contributed by atoms with Crippen LogP contribution in [-0.4, -0.2) is 16.4 Å². The summed E-state index contributed by atoms with van der Waals surface area (Å²) in [4.78, 5) is 0. The zero-order valence-electron chi connectivity index (χ0n) is 5.67. The highest BCUT2D eigenvalue weighted by molar-refractivity contribution is 6.08. The van der Waals surface area contributed by atoms with Crippen LogP contribution in [0.1, 0.15) is 25.7 Å². The summed E-state index contributed by atoms with van der Waals surface area (Å²) in [5, 5.41) is 0. The molecule has 0 N–H and O–H groups in total. The summed E-state index contributed by atoms with van der Waals surface area (Å²) < 4.78 is 34.4. The number of halogens is 3. The van der Waals surface area contributed by atoms with E-state index < -0.39 is 12.6 Å². The average Bonchev–Trinajstić information content (AvgIpc) is 1.78. The van der Waals surface area contributed by atoms with E-state index in [-0.39, 0.29) is 6.42 Å². The maximum Gasteiger partial charge on any atom is 0.389 e. The fourth-order valence-corrected chi connectivity index (χ4v) is 0.877. The van der Waals surface area contributed by atoms with Gasteiger partial charge in [-0.05, 0) is 6.42 Å². The summed E-state index contributed by atoms with van der Waals surface area (Å²) in [5.41, 5.74) is 0. The molecule has 0 nitrogen and oxygen atoms in total. The second kappa shape index (κ2) is 4.77. The highest BCUT2D eigenvalue weighted by Gasteiger charge is 2.25. The van der Waals surface area contributed by atoms with Crippen molar-refractivity contribution in [2.75, 3.05) is 0 Å². The quantitative estimate of drug-likeness (QED) is 0.446. The molecule has 0 aromatic rings. The molecule has 10 heavy (non-hydrogen) atoms. The Bertz CT molecular complexity index is 79.6. The number of hydrogen-bond donors (Lipinski definition) is 0. The molecule has 0 amide bonds. The molecule has 0 rings (SSSR count). The van der Waals surface area contributed by atoms with Crippen LogP contribution in [0.2, 0.25) is 6.04 Å². The van der Waals surface area contributed by atoms with Gasteiger partial charge < -0.3 is 0 Å². The van der Waals surface area contributed by atoms with E-state index in [1.165, 1.54) is 0 Å². The van der Waals surface area contributed by atoms with Gasteiger partial charge in [0.25, 0.3) is 0 Å². The van der Waals surface area contributed by atoms with Crippen molar-refractivity contribution in [3.05, 3.63) is 0 Å². The smallest absolute Gasteiger partial charge is 0.171 e. The molecule has 0 saturated heterocycles. The zero-order valence-corrected chi connectivity index (χ0v) is 6.67. The van der Waals surface area contributed by atoms with E-state index in [0.717, 1.165) is 12.5 Å². The Morgan fingerprint density at radius 1 is 1.00 bits per heavy atom. The molecular formula is C6H10F3Si.